The quantitative estimate of drug-likeness (QED) is 0.398. The lowest BCUT2D eigenvalue weighted by Crippen LogP contribution is -2.43. The zero-order chi connectivity index (χ0) is 23.9. The van der Waals surface area contributed by atoms with Gasteiger partial charge in [0.25, 0.3) is 0 Å². The summed E-state index contributed by atoms with van der Waals surface area (Å²) in [6.07, 6.45) is 3.70. The Kier molecular flexibility index (Phi) is 8.78. The van der Waals surface area contributed by atoms with Gasteiger partial charge in [0, 0.05) is 41.9 Å². The number of ether oxygens (including phenoxy) is 1. The number of methoxy groups -OCH3 is 1. The normalized spacial score (nSPS) is 19.9. The van der Waals surface area contributed by atoms with Crippen molar-refractivity contribution in [3.05, 3.63) is 66.1 Å². The number of aliphatic hydroxyl groups is 2. The van der Waals surface area contributed by atoms with Crippen LogP contribution in [0.1, 0.15) is 30.9 Å². The van der Waals surface area contributed by atoms with E-state index in [2.05, 4.69) is 9.88 Å². The van der Waals surface area contributed by atoms with Crippen LogP contribution in [0.5, 0.6) is 5.75 Å². The molecule has 1 fully saturated rings. The first-order chi connectivity index (χ1) is 16.6. The topological polar surface area (TPSA) is 65.8 Å². The largest absolute Gasteiger partial charge is 0.497 e. The number of hydrogen-bond acceptors (Lipinski definition) is 6. The molecule has 1 aliphatic heterocycles. The Morgan fingerprint density at radius 1 is 1.18 bits per heavy atom. The van der Waals surface area contributed by atoms with Crippen molar-refractivity contribution >= 4 is 22.7 Å². The van der Waals surface area contributed by atoms with Gasteiger partial charge in [-0.15, -0.1) is 11.8 Å². The van der Waals surface area contributed by atoms with Gasteiger partial charge < -0.3 is 19.8 Å². The van der Waals surface area contributed by atoms with Gasteiger partial charge in [0.15, 0.2) is 0 Å². The highest BCUT2D eigenvalue weighted by molar-refractivity contribution is 7.99. The first-order valence-electron chi connectivity index (χ1n) is 11.9. The maximum atomic E-state index is 13.1. The molecule has 2 aromatic carbocycles. The Morgan fingerprint density at radius 3 is 2.76 bits per heavy atom. The molecule has 0 spiro atoms. The molecule has 0 amide bonds. The zero-order valence-electron chi connectivity index (χ0n) is 19.6. The number of aromatic nitrogens is 1. The first-order valence-corrected chi connectivity index (χ1v) is 12.9. The van der Waals surface area contributed by atoms with E-state index >= 15 is 0 Å². The van der Waals surface area contributed by atoms with E-state index in [1.54, 1.807) is 25.1 Å². The van der Waals surface area contributed by atoms with E-state index in [1.165, 1.54) is 12.1 Å². The fourth-order valence-electron chi connectivity index (χ4n) is 4.86. The van der Waals surface area contributed by atoms with E-state index < -0.39 is 6.10 Å². The van der Waals surface area contributed by atoms with Crippen LogP contribution in [0.4, 0.5) is 4.39 Å². The van der Waals surface area contributed by atoms with E-state index in [0.29, 0.717) is 12.3 Å². The van der Waals surface area contributed by atoms with Gasteiger partial charge in [-0.1, -0.05) is 0 Å². The maximum absolute atomic E-state index is 13.1. The zero-order valence-corrected chi connectivity index (χ0v) is 20.4. The molecule has 0 aliphatic carbocycles. The molecular weight excluding hydrogens is 451 g/mol. The van der Waals surface area contributed by atoms with Crippen molar-refractivity contribution in [3.63, 3.8) is 0 Å². The van der Waals surface area contributed by atoms with Gasteiger partial charge in [-0.05, 0) is 91.7 Å². The second-order valence-corrected chi connectivity index (χ2v) is 10.1. The average molecular weight is 485 g/mol. The van der Waals surface area contributed by atoms with Crippen molar-refractivity contribution in [2.45, 2.75) is 30.3 Å². The number of likely N-dealkylation sites (tertiary alicyclic amines) is 1. The molecule has 0 bridgehead atoms. The minimum Gasteiger partial charge on any atom is -0.497 e. The summed E-state index contributed by atoms with van der Waals surface area (Å²) in [6.45, 7) is 2.98. The number of nitrogens with zero attached hydrogens (tertiary/aromatic N) is 2. The molecule has 7 heteroatoms. The fourth-order valence-corrected chi connectivity index (χ4v) is 5.77. The average Bonchev–Trinajstić information content (AvgIpc) is 2.88. The highest BCUT2D eigenvalue weighted by Gasteiger charge is 2.29. The second kappa shape index (κ2) is 12.0. The van der Waals surface area contributed by atoms with Crippen LogP contribution >= 0.6 is 11.8 Å². The second-order valence-electron chi connectivity index (χ2n) is 8.97. The SMILES string of the molecule is COc1ccc2nccc(C(O)CC[C@@H]3CCN(CCSc4ccc(F)cc4)C[C@@H]3CO)c2c1. The molecule has 3 aromatic rings. The van der Waals surface area contributed by atoms with Crippen LogP contribution in [0.25, 0.3) is 10.9 Å². The highest BCUT2D eigenvalue weighted by atomic mass is 32.2. The molecular formula is C27H33FN2O3S. The van der Waals surface area contributed by atoms with Gasteiger partial charge in [-0.2, -0.15) is 0 Å². The van der Waals surface area contributed by atoms with Crippen LogP contribution in [0.15, 0.2) is 59.6 Å². The molecule has 182 valence electrons. The van der Waals surface area contributed by atoms with E-state index in [9.17, 15) is 14.6 Å². The Bertz CT molecular complexity index is 1070. The van der Waals surface area contributed by atoms with Crippen LogP contribution in [0.2, 0.25) is 0 Å². The van der Waals surface area contributed by atoms with Crippen LogP contribution in [-0.4, -0.2) is 59.2 Å². The third-order valence-corrected chi connectivity index (χ3v) is 7.84. The summed E-state index contributed by atoms with van der Waals surface area (Å²) in [7, 11) is 1.64. The van der Waals surface area contributed by atoms with Crippen LogP contribution in [0.3, 0.4) is 0 Å². The Labute approximate surface area is 205 Å². The number of thioether (sulfide) groups is 1. The molecule has 0 saturated carbocycles. The minimum absolute atomic E-state index is 0.164. The lowest BCUT2D eigenvalue weighted by molar-refractivity contribution is 0.0608. The molecule has 3 atom stereocenters. The van der Waals surface area contributed by atoms with Gasteiger partial charge in [0.05, 0.1) is 18.7 Å². The summed E-state index contributed by atoms with van der Waals surface area (Å²) in [5.41, 5.74) is 1.72. The van der Waals surface area contributed by atoms with Crippen LogP contribution in [-0.2, 0) is 0 Å². The molecule has 1 aliphatic rings. The number of rotatable bonds is 10. The third-order valence-electron chi connectivity index (χ3n) is 6.85. The summed E-state index contributed by atoms with van der Waals surface area (Å²) in [5, 5.41) is 22.0. The lowest BCUT2D eigenvalue weighted by atomic mass is 9.81. The number of hydrogen-bond donors (Lipinski definition) is 2. The summed E-state index contributed by atoms with van der Waals surface area (Å²) in [4.78, 5) is 7.89. The Hall–Kier alpha value is -2.19. The molecule has 2 N–H and O–H groups in total. The van der Waals surface area contributed by atoms with Gasteiger partial charge in [0.2, 0.25) is 0 Å². The number of aliphatic hydroxyl groups excluding tert-OH is 2. The molecule has 5 nitrogen and oxygen atoms in total. The predicted molar refractivity (Wildman–Crippen MR) is 135 cm³/mol. The van der Waals surface area contributed by atoms with E-state index in [0.717, 1.165) is 65.3 Å². The van der Waals surface area contributed by atoms with Crippen LogP contribution in [0, 0.1) is 17.7 Å². The lowest BCUT2D eigenvalue weighted by Gasteiger charge is -2.38. The first kappa shape index (κ1) is 24.9. The predicted octanol–water partition coefficient (Wildman–Crippen LogP) is 4.92. The van der Waals surface area contributed by atoms with Crippen molar-refractivity contribution in [2.75, 3.05) is 39.1 Å². The van der Waals surface area contributed by atoms with Crippen molar-refractivity contribution in [3.8, 4) is 5.75 Å². The van der Waals surface area contributed by atoms with Gasteiger partial charge in [-0.3, -0.25) is 4.98 Å². The number of pyridine rings is 1. The monoisotopic (exact) mass is 484 g/mol. The minimum atomic E-state index is -0.581. The molecule has 34 heavy (non-hydrogen) atoms. The van der Waals surface area contributed by atoms with Crippen LogP contribution < -0.4 is 4.74 Å². The van der Waals surface area contributed by atoms with Crippen molar-refractivity contribution in [2.24, 2.45) is 11.8 Å². The highest BCUT2D eigenvalue weighted by Crippen LogP contribution is 2.33. The van der Waals surface area contributed by atoms with Crippen molar-refractivity contribution in [1.82, 2.24) is 9.88 Å². The standard InChI is InChI=1S/C27H33FN2O3S/c1-33-22-5-8-26-25(16-22)24(10-12-29-26)27(32)9-2-19-11-13-30(17-20(19)18-31)14-15-34-23-6-3-21(28)4-7-23/h3-8,10,12,16,19-20,27,31-32H,2,9,11,13-15,17-18H2,1H3/t19-,20-,27?/m1/s1. The van der Waals surface area contributed by atoms with E-state index in [4.69, 9.17) is 4.74 Å². The summed E-state index contributed by atoms with van der Waals surface area (Å²) >= 11 is 1.73. The Balaban J connectivity index is 1.29. The number of benzene rings is 2. The third kappa shape index (κ3) is 6.27. The molecule has 4 rings (SSSR count). The molecule has 0 radical (unpaired) electrons. The van der Waals surface area contributed by atoms with Gasteiger partial charge >= 0.3 is 0 Å². The molecule has 1 saturated heterocycles. The van der Waals surface area contributed by atoms with Crippen molar-refractivity contribution < 1.29 is 19.3 Å². The summed E-state index contributed by atoms with van der Waals surface area (Å²) < 4.78 is 18.4. The number of piperidine rings is 1. The van der Waals surface area contributed by atoms with Gasteiger partial charge in [-0.25, -0.2) is 4.39 Å². The molecule has 2 heterocycles. The molecule has 1 aromatic heterocycles. The number of halogens is 1. The fraction of sp³-hybridized carbons (Fsp3) is 0.444. The maximum Gasteiger partial charge on any atom is 0.123 e. The summed E-state index contributed by atoms with van der Waals surface area (Å²) in [6, 6.07) is 14.2. The van der Waals surface area contributed by atoms with Gasteiger partial charge in [0.1, 0.15) is 11.6 Å². The number of fused-ring (bicyclic) bond motifs is 1. The van der Waals surface area contributed by atoms with E-state index in [1.807, 2.05) is 36.4 Å². The van der Waals surface area contributed by atoms with Crippen molar-refractivity contribution in [1.29, 1.82) is 0 Å². The van der Waals surface area contributed by atoms with E-state index in [-0.39, 0.29) is 18.3 Å². The molecule has 1 unspecified atom stereocenters. The Morgan fingerprint density at radius 2 is 2.00 bits per heavy atom. The smallest absolute Gasteiger partial charge is 0.123 e. The summed E-state index contributed by atoms with van der Waals surface area (Å²) in [5.74, 6) is 2.08.